The molecule has 0 spiro atoms. The second-order valence-electron chi connectivity index (χ2n) is 6.04. The first-order valence-corrected chi connectivity index (χ1v) is 8.62. The van der Waals surface area contributed by atoms with Crippen molar-refractivity contribution in [2.75, 3.05) is 10.6 Å². The van der Waals surface area contributed by atoms with Gasteiger partial charge in [-0.15, -0.1) is 13.2 Å². The second-order valence-corrected chi connectivity index (χ2v) is 6.04. The molecule has 1 heterocycles. The van der Waals surface area contributed by atoms with Crippen LogP contribution < -0.4 is 27.7 Å². The average molecular weight is 399 g/mol. The van der Waals surface area contributed by atoms with Crippen molar-refractivity contribution >= 4 is 23.2 Å². The summed E-state index contributed by atoms with van der Waals surface area (Å²) >= 11 is 0. The number of carbonyl (C=O) groups excluding carboxylic acids is 2. The van der Waals surface area contributed by atoms with E-state index < -0.39 is 29.5 Å². The number of nitrogens with one attached hydrogen (secondary N) is 2. The predicted molar refractivity (Wildman–Crippen MR) is 109 cm³/mol. The molecule has 10 heteroatoms. The van der Waals surface area contributed by atoms with Crippen LogP contribution in [0, 0.1) is 0 Å². The fourth-order valence-electron chi connectivity index (χ4n) is 2.57. The third kappa shape index (κ3) is 5.06. The number of allylic oxidation sites excluding steroid dienone is 2. The lowest BCUT2D eigenvalue weighted by atomic mass is 10.2. The van der Waals surface area contributed by atoms with Crippen molar-refractivity contribution in [1.82, 2.24) is 13.7 Å². The largest absolute Gasteiger partial charge is 0.337 e. The Labute approximate surface area is 165 Å². The highest BCUT2D eigenvalue weighted by atomic mass is 16.2. The maximum atomic E-state index is 12.5. The molecular weight excluding hydrogens is 378 g/mol. The highest BCUT2D eigenvalue weighted by Crippen LogP contribution is 2.13. The van der Waals surface area contributed by atoms with E-state index in [4.69, 9.17) is 0 Å². The molecule has 0 radical (unpaired) electrons. The van der Waals surface area contributed by atoms with Crippen LogP contribution in [0.25, 0.3) is 0 Å². The van der Waals surface area contributed by atoms with Crippen LogP contribution in [0.15, 0.2) is 64.0 Å². The summed E-state index contributed by atoms with van der Waals surface area (Å²) < 4.78 is 2.30. The number of nitrogens with zero attached hydrogens (tertiary/aromatic N) is 3. The van der Waals surface area contributed by atoms with E-state index in [-0.39, 0.29) is 19.0 Å². The van der Waals surface area contributed by atoms with E-state index in [0.717, 1.165) is 9.13 Å². The van der Waals surface area contributed by atoms with E-state index in [9.17, 15) is 24.0 Å². The highest BCUT2D eigenvalue weighted by Gasteiger charge is 2.16. The minimum Gasteiger partial charge on any atom is -0.326 e. The minimum atomic E-state index is -0.906. The van der Waals surface area contributed by atoms with Crippen LogP contribution in [0.5, 0.6) is 0 Å². The zero-order chi connectivity index (χ0) is 21.6. The predicted octanol–water partition coefficient (Wildman–Crippen LogP) is 0.141. The van der Waals surface area contributed by atoms with E-state index in [1.54, 1.807) is 24.3 Å². The molecule has 0 bridgehead atoms. The van der Waals surface area contributed by atoms with Gasteiger partial charge in [0.2, 0.25) is 11.8 Å². The number of aromatic nitrogens is 3. The number of carbonyl (C=O) groups is 2. The summed E-state index contributed by atoms with van der Waals surface area (Å²) in [5.74, 6) is -0.864. The summed E-state index contributed by atoms with van der Waals surface area (Å²) in [5, 5.41) is 5.15. The first-order chi connectivity index (χ1) is 13.8. The fourth-order valence-corrected chi connectivity index (χ4v) is 2.57. The molecule has 0 unspecified atom stereocenters. The number of hydrogen-bond donors (Lipinski definition) is 2. The Morgan fingerprint density at radius 3 is 1.66 bits per heavy atom. The van der Waals surface area contributed by atoms with Crippen LogP contribution in [0.3, 0.4) is 0 Å². The summed E-state index contributed by atoms with van der Waals surface area (Å²) in [7, 11) is 0. The monoisotopic (exact) mass is 399 g/mol. The number of hydrogen-bond acceptors (Lipinski definition) is 5. The van der Waals surface area contributed by atoms with Crippen molar-refractivity contribution < 1.29 is 9.59 Å². The molecule has 2 amide bonds. The molecule has 0 fully saturated rings. The standard InChI is InChI=1S/C19H21N5O5/c1-4-10-22-17(27)23(11-5-2)19(29)24(18(22)28)12-16(26)21-15-8-6-14(7-9-15)20-13(3)25/h4-9H,1-2,10-12H2,3H3,(H,20,25)(H,21,26). The third-order valence-corrected chi connectivity index (χ3v) is 3.80. The van der Waals surface area contributed by atoms with Crippen molar-refractivity contribution in [2.45, 2.75) is 26.6 Å². The topological polar surface area (TPSA) is 124 Å². The number of benzene rings is 1. The Balaban J connectivity index is 2.31. The lowest BCUT2D eigenvalue weighted by molar-refractivity contribution is -0.117. The fraction of sp³-hybridized carbons (Fsp3) is 0.211. The SMILES string of the molecule is C=CCn1c(=O)n(CC=C)c(=O)n(CC(=O)Nc2ccc(NC(C)=O)cc2)c1=O. The van der Waals surface area contributed by atoms with Crippen molar-refractivity contribution in [2.24, 2.45) is 0 Å². The molecule has 1 aromatic carbocycles. The number of amides is 2. The van der Waals surface area contributed by atoms with Gasteiger partial charge in [0, 0.05) is 18.3 Å². The molecule has 0 aliphatic rings. The molecule has 2 rings (SSSR count). The first-order valence-electron chi connectivity index (χ1n) is 8.62. The smallest absolute Gasteiger partial charge is 0.326 e. The van der Waals surface area contributed by atoms with E-state index in [2.05, 4.69) is 23.8 Å². The van der Waals surface area contributed by atoms with Crippen LogP contribution in [0.2, 0.25) is 0 Å². The van der Waals surface area contributed by atoms with E-state index >= 15 is 0 Å². The minimum absolute atomic E-state index is 0.110. The molecule has 0 aliphatic carbocycles. The molecule has 0 atom stereocenters. The van der Waals surface area contributed by atoms with E-state index in [1.165, 1.54) is 19.1 Å². The average Bonchev–Trinajstić information content (AvgIpc) is 2.67. The molecule has 2 aromatic rings. The lowest BCUT2D eigenvalue weighted by Gasteiger charge is -2.12. The van der Waals surface area contributed by atoms with Gasteiger partial charge in [-0.1, -0.05) is 12.2 Å². The van der Waals surface area contributed by atoms with Crippen molar-refractivity contribution in [3.8, 4) is 0 Å². The Kier molecular flexibility index (Phi) is 6.85. The Morgan fingerprint density at radius 1 is 0.828 bits per heavy atom. The highest BCUT2D eigenvalue weighted by molar-refractivity contribution is 5.92. The maximum absolute atomic E-state index is 12.5. The lowest BCUT2D eigenvalue weighted by Crippen LogP contribution is -2.55. The van der Waals surface area contributed by atoms with Crippen molar-refractivity contribution in [3.63, 3.8) is 0 Å². The van der Waals surface area contributed by atoms with Gasteiger partial charge in [-0.05, 0) is 24.3 Å². The maximum Gasteiger partial charge on any atom is 0.337 e. The van der Waals surface area contributed by atoms with E-state index in [0.29, 0.717) is 15.9 Å². The van der Waals surface area contributed by atoms with Crippen LogP contribution in [-0.4, -0.2) is 25.5 Å². The molecule has 0 saturated carbocycles. The van der Waals surface area contributed by atoms with Gasteiger partial charge in [0.15, 0.2) is 0 Å². The Morgan fingerprint density at radius 2 is 1.24 bits per heavy atom. The van der Waals surface area contributed by atoms with Gasteiger partial charge in [-0.25, -0.2) is 28.1 Å². The Bertz CT molecular complexity index is 1070. The molecule has 1 aromatic heterocycles. The van der Waals surface area contributed by atoms with Crippen LogP contribution in [-0.2, 0) is 29.2 Å². The number of rotatable bonds is 8. The molecule has 0 aliphatic heterocycles. The molecule has 2 N–H and O–H groups in total. The van der Waals surface area contributed by atoms with Crippen LogP contribution in [0.1, 0.15) is 6.92 Å². The quantitative estimate of drug-likeness (QED) is 0.611. The Hall–Kier alpha value is -3.95. The zero-order valence-corrected chi connectivity index (χ0v) is 15.9. The van der Waals surface area contributed by atoms with E-state index in [1.807, 2.05) is 0 Å². The zero-order valence-electron chi connectivity index (χ0n) is 15.9. The molecule has 0 saturated heterocycles. The summed E-state index contributed by atoms with van der Waals surface area (Å²) in [6.07, 6.45) is 2.68. The summed E-state index contributed by atoms with van der Waals surface area (Å²) in [4.78, 5) is 60.7. The van der Waals surface area contributed by atoms with Crippen LogP contribution >= 0.6 is 0 Å². The van der Waals surface area contributed by atoms with Gasteiger partial charge < -0.3 is 10.6 Å². The molecule has 10 nitrogen and oxygen atoms in total. The first kappa shape index (κ1) is 21.4. The van der Waals surface area contributed by atoms with Gasteiger partial charge >= 0.3 is 17.1 Å². The van der Waals surface area contributed by atoms with Gasteiger partial charge in [0.1, 0.15) is 6.54 Å². The summed E-state index contributed by atoms with van der Waals surface area (Å²) in [6.45, 7) is 7.54. The molecule has 152 valence electrons. The van der Waals surface area contributed by atoms with Crippen LogP contribution in [0.4, 0.5) is 11.4 Å². The van der Waals surface area contributed by atoms with Gasteiger partial charge in [-0.2, -0.15) is 0 Å². The normalized spacial score (nSPS) is 10.2. The second kappa shape index (κ2) is 9.31. The summed E-state index contributed by atoms with van der Waals surface area (Å²) in [6, 6.07) is 6.29. The molecule has 29 heavy (non-hydrogen) atoms. The summed E-state index contributed by atoms with van der Waals surface area (Å²) in [5.41, 5.74) is -1.66. The molecular formula is C19H21N5O5. The van der Waals surface area contributed by atoms with Gasteiger partial charge in [-0.3, -0.25) is 9.59 Å². The van der Waals surface area contributed by atoms with Gasteiger partial charge in [0.05, 0.1) is 13.1 Å². The third-order valence-electron chi connectivity index (χ3n) is 3.80. The van der Waals surface area contributed by atoms with Crippen molar-refractivity contribution in [3.05, 3.63) is 81.0 Å². The van der Waals surface area contributed by atoms with Gasteiger partial charge in [0.25, 0.3) is 0 Å². The van der Waals surface area contributed by atoms with Crippen molar-refractivity contribution in [1.29, 1.82) is 0 Å². The number of anilines is 2.